The number of fused-ring (bicyclic) bond motifs is 1. The highest BCUT2D eigenvalue weighted by molar-refractivity contribution is 6.22. The van der Waals surface area contributed by atoms with E-state index in [9.17, 15) is 14.4 Å². The van der Waals surface area contributed by atoms with Crippen LogP contribution < -0.4 is 5.73 Å². The van der Waals surface area contributed by atoms with E-state index in [1.807, 2.05) is 30.3 Å². The summed E-state index contributed by atoms with van der Waals surface area (Å²) < 4.78 is 0. The van der Waals surface area contributed by atoms with Crippen LogP contribution in [-0.4, -0.2) is 47.2 Å². The summed E-state index contributed by atoms with van der Waals surface area (Å²) in [5.41, 5.74) is 7.73. The molecule has 0 saturated carbocycles. The van der Waals surface area contributed by atoms with Crippen LogP contribution in [0.3, 0.4) is 0 Å². The highest BCUT2D eigenvalue weighted by Crippen LogP contribution is 2.31. The standard InChI is InChI=1S/C22H23N3O3/c1-22(13-23)9-10-24(14-22)19(26)16-7-8-17-18(11-16)21(28)25(20(17)27)12-15-5-3-2-4-6-15/h2-8,11H,9-10,12-14,23H2,1H3. The summed E-state index contributed by atoms with van der Waals surface area (Å²) in [5.74, 6) is -0.798. The predicted molar refractivity (Wildman–Crippen MR) is 105 cm³/mol. The second-order valence-electron chi connectivity index (χ2n) is 7.93. The molecule has 1 atom stereocenters. The highest BCUT2D eigenvalue weighted by atomic mass is 16.2. The molecule has 0 aromatic heterocycles. The molecule has 2 aliphatic rings. The number of amides is 3. The van der Waals surface area contributed by atoms with Gasteiger partial charge in [0.15, 0.2) is 0 Å². The number of nitrogens with zero attached hydrogens (tertiary/aromatic N) is 2. The van der Waals surface area contributed by atoms with Crippen LogP contribution in [0.1, 0.15) is 50.0 Å². The maximum atomic E-state index is 12.9. The predicted octanol–water partition coefficient (Wildman–Crippen LogP) is 2.29. The number of benzene rings is 2. The molecule has 2 aromatic rings. The van der Waals surface area contributed by atoms with E-state index in [0.29, 0.717) is 36.3 Å². The Morgan fingerprint density at radius 1 is 1.07 bits per heavy atom. The van der Waals surface area contributed by atoms with Crippen LogP contribution in [0.4, 0.5) is 0 Å². The molecule has 0 bridgehead atoms. The van der Waals surface area contributed by atoms with Gasteiger partial charge in [-0.3, -0.25) is 19.3 Å². The van der Waals surface area contributed by atoms with E-state index < -0.39 is 0 Å². The minimum Gasteiger partial charge on any atom is -0.338 e. The number of hydrogen-bond acceptors (Lipinski definition) is 4. The number of rotatable bonds is 4. The van der Waals surface area contributed by atoms with Crippen LogP contribution in [0.15, 0.2) is 48.5 Å². The van der Waals surface area contributed by atoms with Crippen LogP contribution in [0.25, 0.3) is 0 Å². The molecule has 2 N–H and O–H groups in total. The van der Waals surface area contributed by atoms with Crippen molar-refractivity contribution in [3.8, 4) is 0 Å². The lowest BCUT2D eigenvalue weighted by molar-refractivity contribution is 0.0642. The fourth-order valence-electron chi connectivity index (χ4n) is 3.88. The molecule has 6 heteroatoms. The molecule has 2 heterocycles. The van der Waals surface area contributed by atoms with Crippen molar-refractivity contribution in [1.29, 1.82) is 0 Å². The summed E-state index contributed by atoms with van der Waals surface area (Å²) >= 11 is 0. The Morgan fingerprint density at radius 2 is 1.79 bits per heavy atom. The number of nitrogens with two attached hydrogens (primary N) is 1. The highest BCUT2D eigenvalue weighted by Gasteiger charge is 2.38. The van der Waals surface area contributed by atoms with Gasteiger partial charge in [0.25, 0.3) is 17.7 Å². The molecule has 1 fully saturated rings. The second kappa shape index (κ2) is 6.87. The number of carbonyl (C=O) groups excluding carboxylic acids is 3. The SMILES string of the molecule is CC1(CN)CCN(C(=O)c2ccc3c(c2)C(=O)N(Cc2ccccc2)C3=O)C1. The Morgan fingerprint density at radius 3 is 2.46 bits per heavy atom. The van der Waals surface area contributed by atoms with Crippen molar-refractivity contribution in [2.24, 2.45) is 11.1 Å². The van der Waals surface area contributed by atoms with Crippen molar-refractivity contribution >= 4 is 17.7 Å². The van der Waals surface area contributed by atoms with Gasteiger partial charge in [-0.25, -0.2) is 0 Å². The monoisotopic (exact) mass is 377 g/mol. The average Bonchev–Trinajstić information content (AvgIpc) is 3.23. The first-order valence-corrected chi connectivity index (χ1v) is 9.45. The summed E-state index contributed by atoms with van der Waals surface area (Å²) in [5, 5.41) is 0. The molecule has 1 saturated heterocycles. The van der Waals surface area contributed by atoms with E-state index in [1.165, 1.54) is 4.90 Å². The molecule has 144 valence electrons. The van der Waals surface area contributed by atoms with Crippen molar-refractivity contribution in [2.45, 2.75) is 19.9 Å². The third kappa shape index (κ3) is 3.10. The van der Waals surface area contributed by atoms with E-state index in [2.05, 4.69) is 6.92 Å². The molecule has 2 aliphatic heterocycles. The minimum atomic E-state index is -0.355. The smallest absolute Gasteiger partial charge is 0.261 e. The lowest BCUT2D eigenvalue weighted by atomic mass is 9.90. The molecule has 1 unspecified atom stereocenters. The maximum absolute atomic E-state index is 12.9. The van der Waals surface area contributed by atoms with Gasteiger partial charge in [-0.05, 0) is 42.1 Å². The minimum absolute atomic E-state index is 0.0648. The summed E-state index contributed by atoms with van der Waals surface area (Å²) in [7, 11) is 0. The molecule has 0 spiro atoms. The summed E-state index contributed by atoms with van der Waals surface area (Å²) in [6.45, 7) is 4.08. The van der Waals surface area contributed by atoms with Gasteiger partial charge in [-0.15, -0.1) is 0 Å². The Bertz CT molecular complexity index is 957. The van der Waals surface area contributed by atoms with Gasteiger partial charge in [-0.2, -0.15) is 0 Å². The first-order chi connectivity index (χ1) is 13.4. The number of imide groups is 1. The lowest BCUT2D eigenvalue weighted by Gasteiger charge is -2.22. The fraction of sp³-hybridized carbons (Fsp3) is 0.318. The van der Waals surface area contributed by atoms with Crippen LogP contribution in [0.2, 0.25) is 0 Å². The topological polar surface area (TPSA) is 83.7 Å². The van der Waals surface area contributed by atoms with Gasteiger partial charge in [0.2, 0.25) is 0 Å². The summed E-state index contributed by atoms with van der Waals surface area (Å²) in [4.78, 5) is 41.4. The van der Waals surface area contributed by atoms with Crippen LogP contribution >= 0.6 is 0 Å². The molecule has 0 radical (unpaired) electrons. The number of likely N-dealkylation sites (tertiary alicyclic amines) is 1. The van der Waals surface area contributed by atoms with Crippen molar-refractivity contribution in [1.82, 2.24) is 9.80 Å². The fourth-order valence-corrected chi connectivity index (χ4v) is 3.88. The van der Waals surface area contributed by atoms with Gasteiger partial charge < -0.3 is 10.6 Å². The van der Waals surface area contributed by atoms with Gasteiger partial charge in [-0.1, -0.05) is 37.3 Å². The Kier molecular flexibility index (Phi) is 4.51. The van der Waals surface area contributed by atoms with E-state index in [-0.39, 0.29) is 29.7 Å². The first kappa shape index (κ1) is 18.4. The van der Waals surface area contributed by atoms with Crippen LogP contribution in [0.5, 0.6) is 0 Å². The normalized spacial score (nSPS) is 21.4. The second-order valence-corrected chi connectivity index (χ2v) is 7.93. The Labute approximate surface area is 163 Å². The Balaban J connectivity index is 1.56. The molecular formula is C22H23N3O3. The average molecular weight is 377 g/mol. The third-order valence-corrected chi connectivity index (χ3v) is 5.74. The molecule has 28 heavy (non-hydrogen) atoms. The molecule has 6 nitrogen and oxygen atoms in total. The quantitative estimate of drug-likeness (QED) is 0.829. The van der Waals surface area contributed by atoms with E-state index in [0.717, 1.165) is 12.0 Å². The van der Waals surface area contributed by atoms with Crippen LogP contribution in [0, 0.1) is 5.41 Å². The van der Waals surface area contributed by atoms with Crippen molar-refractivity contribution in [3.63, 3.8) is 0 Å². The van der Waals surface area contributed by atoms with E-state index >= 15 is 0 Å². The zero-order valence-electron chi connectivity index (χ0n) is 15.9. The molecular weight excluding hydrogens is 354 g/mol. The van der Waals surface area contributed by atoms with Gasteiger partial charge in [0.1, 0.15) is 0 Å². The largest absolute Gasteiger partial charge is 0.338 e. The van der Waals surface area contributed by atoms with Crippen LogP contribution in [-0.2, 0) is 6.54 Å². The molecule has 3 amide bonds. The van der Waals surface area contributed by atoms with E-state index in [4.69, 9.17) is 5.73 Å². The lowest BCUT2D eigenvalue weighted by Crippen LogP contribution is -2.34. The maximum Gasteiger partial charge on any atom is 0.261 e. The van der Waals surface area contributed by atoms with Crippen molar-refractivity contribution < 1.29 is 14.4 Å². The summed E-state index contributed by atoms with van der Waals surface area (Å²) in [6, 6.07) is 14.2. The molecule has 4 rings (SSSR count). The zero-order chi connectivity index (χ0) is 19.9. The van der Waals surface area contributed by atoms with E-state index in [1.54, 1.807) is 23.1 Å². The van der Waals surface area contributed by atoms with Crippen molar-refractivity contribution in [3.05, 3.63) is 70.8 Å². The number of carbonyl (C=O) groups is 3. The molecule has 2 aromatic carbocycles. The third-order valence-electron chi connectivity index (χ3n) is 5.74. The first-order valence-electron chi connectivity index (χ1n) is 9.45. The van der Waals surface area contributed by atoms with Gasteiger partial charge in [0, 0.05) is 18.7 Å². The Hall–Kier alpha value is -2.99. The number of hydrogen-bond donors (Lipinski definition) is 1. The van der Waals surface area contributed by atoms with Crippen molar-refractivity contribution in [2.75, 3.05) is 19.6 Å². The zero-order valence-corrected chi connectivity index (χ0v) is 15.9. The van der Waals surface area contributed by atoms with Gasteiger partial charge >= 0.3 is 0 Å². The molecule has 0 aliphatic carbocycles. The van der Waals surface area contributed by atoms with Gasteiger partial charge in [0.05, 0.1) is 17.7 Å². The summed E-state index contributed by atoms with van der Waals surface area (Å²) in [6.07, 6.45) is 0.864.